The molecule has 2 aliphatic rings. The monoisotopic (exact) mass is 348 g/mol. The van der Waals surface area contributed by atoms with Crippen LogP contribution in [0.4, 0.5) is 4.79 Å². The van der Waals surface area contributed by atoms with Gasteiger partial charge in [0, 0.05) is 23.4 Å². The van der Waals surface area contributed by atoms with Gasteiger partial charge in [0.2, 0.25) is 5.91 Å². The van der Waals surface area contributed by atoms with Crippen LogP contribution in [0.3, 0.4) is 0 Å². The largest absolute Gasteiger partial charge is 0.336 e. The van der Waals surface area contributed by atoms with E-state index in [0.29, 0.717) is 13.1 Å². The Morgan fingerprint density at radius 3 is 3.09 bits per heavy atom. The highest BCUT2D eigenvalue weighted by molar-refractivity contribution is 8.00. The van der Waals surface area contributed by atoms with Crippen LogP contribution in [0.1, 0.15) is 23.8 Å². The van der Waals surface area contributed by atoms with Crippen molar-refractivity contribution in [2.45, 2.75) is 36.5 Å². The van der Waals surface area contributed by atoms with E-state index in [2.05, 4.69) is 15.3 Å². The maximum atomic E-state index is 12.5. The zero-order chi connectivity index (χ0) is 16.0. The Morgan fingerprint density at radius 1 is 1.43 bits per heavy atom. The highest BCUT2D eigenvalue weighted by Crippen LogP contribution is 2.41. The van der Waals surface area contributed by atoms with Crippen molar-refractivity contribution in [1.82, 2.24) is 20.2 Å². The van der Waals surface area contributed by atoms with Gasteiger partial charge in [-0.25, -0.2) is 14.8 Å². The Kier molecular flexibility index (Phi) is 3.73. The number of aromatic nitrogens is 2. The highest BCUT2D eigenvalue weighted by atomic mass is 32.2. The summed E-state index contributed by atoms with van der Waals surface area (Å²) in [5.41, 5.74) is 1.35. The summed E-state index contributed by atoms with van der Waals surface area (Å²) in [4.78, 5) is 36.6. The Balaban J connectivity index is 1.62. The molecule has 3 heterocycles. The standard InChI is InChI=1S/C15H16N4O2S2/c1-8(14(20)19-6-5-16-15(19)21)22-12-11-9-3-2-4-10(9)23-13(11)18-7-17-12/h7-8H,2-6H2,1H3,(H,16,21)/t8-/m1/s1. The van der Waals surface area contributed by atoms with E-state index in [1.54, 1.807) is 17.7 Å². The smallest absolute Gasteiger partial charge is 0.324 e. The molecule has 2 aromatic rings. The van der Waals surface area contributed by atoms with Crippen molar-refractivity contribution in [1.29, 1.82) is 0 Å². The fourth-order valence-corrected chi connectivity index (χ4v) is 5.41. The van der Waals surface area contributed by atoms with Gasteiger partial charge in [0.1, 0.15) is 16.2 Å². The Bertz CT molecular complexity index is 804. The maximum Gasteiger partial charge on any atom is 0.324 e. The molecule has 0 unspecified atom stereocenters. The van der Waals surface area contributed by atoms with Crippen LogP contribution in [0.15, 0.2) is 11.4 Å². The second-order valence-electron chi connectivity index (χ2n) is 5.70. The number of thioether (sulfide) groups is 1. The van der Waals surface area contributed by atoms with Gasteiger partial charge >= 0.3 is 6.03 Å². The van der Waals surface area contributed by atoms with E-state index in [-0.39, 0.29) is 17.2 Å². The van der Waals surface area contributed by atoms with Gasteiger partial charge in [-0.15, -0.1) is 11.3 Å². The predicted octanol–water partition coefficient (Wildman–Crippen LogP) is 2.21. The summed E-state index contributed by atoms with van der Waals surface area (Å²) in [7, 11) is 0. The SMILES string of the molecule is C[C@@H](Sc1ncnc2sc3c(c12)CCC3)C(=O)N1CCNC1=O. The Hall–Kier alpha value is -1.67. The van der Waals surface area contributed by atoms with Crippen LogP contribution in [0.2, 0.25) is 0 Å². The second kappa shape index (κ2) is 5.76. The number of fused-ring (bicyclic) bond motifs is 3. The Labute approximate surface area is 141 Å². The molecule has 8 heteroatoms. The van der Waals surface area contributed by atoms with Gasteiger partial charge in [-0.2, -0.15) is 0 Å². The first-order valence-corrected chi connectivity index (χ1v) is 9.36. The molecule has 3 amide bonds. The van der Waals surface area contributed by atoms with Gasteiger partial charge in [-0.3, -0.25) is 9.69 Å². The molecule has 2 aromatic heterocycles. The fourth-order valence-electron chi connectivity index (χ4n) is 3.11. The maximum absolute atomic E-state index is 12.5. The van der Waals surface area contributed by atoms with E-state index in [9.17, 15) is 9.59 Å². The van der Waals surface area contributed by atoms with Gasteiger partial charge in [0.15, 0.2) is 0 Å². The summed E-state index contributed by atoms with van der Waals surface area (Å²) < 4.78 is 0. The first-order chi connectivity index (χ1) is 11.1. The molecule has 0 radical (unpaired) electrons. The summed E-state index contributed by atoms with van der Waals surface area (Å²) in [5, 5.41) is 4.28. The van der Waals surface area contributed by atoms with Crippen LogP contribution >= 0.6 is 23.1 Å². The van der Waals surface area contributed by atoms with Crippen molar-refractivity contribution in [3.63, 3.8) is 0 Å². The van der Waals surface area contributed by atoms with Crippen LogP contribution in [-0.2, 0) is 17.6 Å². The molecule has 1 fully saturated rings. The number of amides is 3. The third-order valence-electron chi connectivity index (χ3n) is 4.23. The lowest BCUT2D eigenvalue weighted by molar-refractivity contribution is -0.126. The minimum atomic E-state index is -0.353. The minimum Gasteiger partial charge on any atom is -0.336 e. The van der Waals surface area contributed by atoms with E-state index >= 15 is 0 Å². The first kappa shape index (κ1) is 14.9. The third kappa shape index (κ3) is 2.49. The zero-order valence-electron chi connectivity index (χ0n) is 12.7. The summed E-state index contributed by atoms with van der Waals surface area (Å²) in [6, 6.07) is -0.299. The molecule has 1 atom stereocenters. The van der Waals surface area contributed by atoms with Gasteiger partial charge < -0.3 is 5.32 Å². The summed E-state index contributed by atoms with van der Waals surface area (Å²) in [6.45, 7) is 2.80. The number of carbonyl (C=O) groups excluding carboxylic acids is 2. The number of hydrogen-bond donors (Lipinski definition) is 1. The lowest BCUT2D eigenvalue weighted by Crippen LogP contribution is -2.38. The van der Waals surface area contributed by atoms with Gasteiger partial charge in [0.25, 0.3) is 0 Å². The third-order valence-corrected chi connectivity index (χ3v) is 6.51. The predicted molar refractivity (Wildman–Crippen MR) is 89.9 cm³/mol. The number of nitrogens with zero attached hydrogens (tertiary/aromatic N) is 3. The van der Waals surface area contributed by atoms with E-state index in [1.807, 2.05) is 6.92 Å². The molecule has 0 aromatic carbocycles. The molecule has 23 heavy (non-hydrogen) atoms. The number of aryl methyl sites for hydroxylation is 2. The lowest BCUT2D eigenvalue weighted by Gasteiger charge is -2.17. The summed E-state index contributed by atoms with van der Waals surface area (Å²) in [5.74, 6) is -0.163. The quantitative estimate of drug-likeness (QED) is 0.680. The number of rotatable bonds is 3. The van der Waals surface area contributed by atoms with E-state index in [1.165, 1.54) is 33.5 Å². The summed E-state index contributed by atoms with van der Waals surface area (Å²) >= 11 is 3.16. The van der Waals surface area contributed by atoms with E-state index in [4.69, 9.17) is 0 Å². The summed E-state index contributed by atoms with van der Waals surface area (Å²) in [6.07, 6.45) is 4.92. The van der Waals surface area contributed by atoms with Crippen LogP contribution < -0.4 is 5.32 Å². The van der Waals surface area contributed by atoms with E-state index in [0.717, 1.165) is 28.1 Å². The molecule has 0 saturated carbocycles. The number of carbonyl (C=O) groups is 2. The lowest BCUT2D eigenvalue weighted by atomic mass is 10.2. The van der Waals surface area contributed by atoms with Crippen molar-refractivity contribution in [2.75, 3.05) is 13.1 Å². The number of hydrogen-bond acceptors (Lipinski definition) is 6. The second-order valence-corrected chi connectivity index (χ2v) is 8.11. The minimum absolute atomic E-state index is 0.163. The molecule has 6 nitrogen and oxygen atoms in total. The molecular weight excluding hydrogens is 332 g/mol. The van der Waals surface area contributed by atoms with Crippen molar-refractivity contribution in [3.8, 4) is 0 Å². The molecular formula is C15H16N4O2S2. The molecule has 1 saturated heterocycles. The number of imide groups is 1. The van der Waals surface area contributed by atoms with Crippen molar-refractivity contribution in [2.24, 2.45) is 0 Å². The number of nitrogens with one attached hydrogen (secondary N) is 1. The average Bonchev–Trinajstić information content (AvgIpc) is 3.21. The van der Waals surface area contributed by atoms with Crippen molar-refractivity contribution in [3.05, 3.63) is 16.8 Å². The molecule has 4 rings (SSSR count). The molecule has 1 N–H and O–H groups in total. The topological polar surface area (TPSA) is 75.2 Å². The molecule has 1 aliphatic heterocycles. The van der Waals surface area contributed by atoms with Gasteiger partial charge in [-0.05, 0) is 31.7 Å². The fraction of sp³-hybridized carbons (Fsp3) is 0.467. The average molecular weight is 348 g/mol. The van der Waals surface area contributed by atoms with Crippen LogP contribution in [0.25, 0.3) is 10.2 Å². The molecule has 0 spiro atoms. The van der Waals surface area contributed by atoms with E-state index < -0.39 is 0 Å². The molecule has 1 aliphatic carbocycles. The Morgan fingerprint density at radius 2 is 2.30 bits per heavy atom. The molecule has 120 valence electrons. The van der Waals surface area contributed by atoms with Crippen molar-refractivity contribution >= 4 is 45.3 Å². The number of urea groups is 1. The van der Waals surface area contributed by atoms with Gasteiger partial charge in [0.05, 0.1) is 5.25 Å². The number of thiophene rings is 1. The van der Waals surface area contributed by atoms with Crippen LogP contribution in [0, 0.1) is 0 Å². The zero-order valence-corrected chi connectivity index (χ0v) is 14.3. The van der Waals surface area contributed by atoms with Crippen molar-refractivity contribution < 1.29 is 9.59 Å². The van der Waals surface area contributed by atoms with Crippen LogP contribution in [-0.4, -0.2) is 45.1 Å². The van der Waals surface area contributed by atoms with Gasteiger partial charge in [-0.1, -0.05) is 11.8 Å². The normalized spacial score (nSPS) is 18.3. The highest BCUT2D eigenvalue weighted by Gasteiger charge is 2.31. The molecule has 0 bridgehead atoms. The van der Waals surface area contributed by atoms with Crippen LogP contribution in [0.5, 0.6) is 0 Å². The first-order valence-electron chi connectivity index (χ1n) is 7.66.